The maximum Gasteiger partial charge on any atom is 0.321 e. The smallest absolute Gasteiger partial charge is 0.321 e. The molecule has 1 atom stereocenters. The van der Waals surface area contributed by atoms with Gasteiger partial charge in [-0.2, -0.15) is 0 Å². The van der Waals surface area contributed by atoms with E-state index >= 15 is 0 Å². The molecule has 8 heteroatoms. The molecule has 2 N–H and O–H groups in total. The average Bonchev–Trinajstić information content (AvgIpc) is 2.70. The molecule has 0 radical (unpaired) electrons. The van der Waals surface area contributed by atoms with E-state index in [1.165, 1.54) is 0 Å². The van der Waals surface area contributed by atoms with Crippen LogP contribution in [0.3, 0.4) is 0 Å². The zero-order valence-corrected chi connectivity index (χ0v) is 13.7. The van der Waals surface area contributed by atoms with Crippen LogP contribution in [0.2, 0.25) is 0 Å². The van der Waals surface area contributed by atoms with Gasteiger partial charge in [0, 0.05) is 19.2 Å². The van der Waals surface area contributed by atoms with Crippen molar-refractivity contribution in [1.82, 2.24) is 20.7 Å². The fraction of sp³-hybridized carbons (Fsp3) is 0.643. The highest BCUT2D eigenvalue weighted by Crippen LogP contribution is 2.13. The number of rotatable bonds is 7. The summed E-state index contributed by atoms with van der Waals surface area (Å²) in [5, 5.41) is 8.76. The molecule has 1 rings (SSSR count). The van der Waals surface area contributed by atoms with E-state index in [0.29, 0.717) is 13.2 Å². The van der Waals surface area contributed by atoms with Crippen molar-refractivity contribution in [1.29, 1.82) is 0 Å². The lowest BCUT2D eigenvalue weighted by molar-refractivity contribution is -0.121. The number of hydrogen-bond donors (Lipinski definition) is 2. The van der Waals surface area contributed by atoms with Crippen molar-refractivity contribution >= 4 is 11.9 Å². The summed E-state index contributed by atoms with van der Waals surface area (Å²) in [5.41, 5.74) is 1.75. The van der Waals surface area contributed by atoms with Crippen molar-refractivity contribution < 1.29 is 18.8 Å². The number of likely N-dealkylation sites (N-methyl/N-ethyl adjacent to an activating group) is 1. The standard InChI is InChI=1S/C14H24N4O4/c1-9(8-21-5)15-14(20)16-13(19)7-18(4)6-12-10(2)17-22-11(12)3/h9H,6-8H2,1-5H3,(H2,15,16,19,20). The summed E-state index contributed by atoms with van der Waals surface area (Å²) in [4.78, 5) is 25.2. The molecule has 1 unspecified atom stereocenters. The van der Waals surface area contributed by atoms with E-state index in [1.54, 1.807) is 26.0 Å². The van der Waals surface area contributed by atoms with Crippen molar-refractivity contribution in [3.05, 3.63) is 17.0 Å². The summed E-state index contributed by atoms with van der Waals surface area (Å²) in [5.74, 6) is 0.354. The van der Waals surface area contributed by atoms with Crippen molar-refractivity contribution in [3.63, 3.8) is 0 Å². The van der Waals surface area contributed by atoms with Gasteiger partial charge in [-0.3, -0.25) is 15.0 Å². The number of nitrogens with one attached hydrogen (secondary N) is 2. The number of nitrogens with zero attached hydrogens (tertiary/aromatic N) is 2. The average molecular weight is 312 g/mol. The number of carbonyl (C=O) groups excluding carboxylic acids is 2. The Hall–Kier alpha value is -1.93. The molecule has 22 heavy (non-hydrogen) atoms. The van der Waals surface area contributed by atoms with Crippen LogP contribution in [0.25, 0.3) is 0 Å². The number of aromatic nitrogens is 1. The second kappa shape index (κ2) is 8.50. The Bertz CT molecular complexity index is 495. The molecule has 0 saturated heterocycles. The second-order valence-corrected chi connectivity index (χ2v) is 5.35. The molecular formula is C14H24N4O4. The Morgan fingerprint density at radius 2 is 2.09 bits per heavy atom. The normalized spacial score (nSPS) is 12.3. The molecular weight excluding hydrogens is 288 g/mol. The first-order chi connectivity index (χ1) is 10.3. The van der Waals surface area contributed by atoms with Gasteiger partial charge in [-0.25, -0.2) is 4.79 Å². The van der Waals surface area contributed by atoms with Crippen molar-refractivity contribution in [2.24, 2.45) is 0 Å². The Balaban J connectivity index is 2.39. The van der Waals surface area contributed by atoms with Gasteiger partial charge in [0.25, 0.3) is 0 Å². The molecule has 0 aliphatic heterocycles. The number of amides is 3. The van der Waals surface area contributed by atoms with Crippen LogP contribution >= 0.6 is 0 Å². The van der Waals surface area contributed by atoms with Crippen LogP contribution < -0.4 is 10.6 Å². The minimum absolute atomic E-state index is 0.0934. The molecule has 0 aromatic carbocycles. The predicted octanol–water partition coefficient (Wildman–Crippen LogP) is 0.584. The first-order valence-electron chi connectivity index (χ1n) is 7.03. The van der Waals surface area contributed by atoms with Gasteiger partial charge >= 0.3 is 6.03 Å². The summed E-state index contributed by atoms with van der Waals surface area (Å²) < 4.78 is 9.98. The van der Waals surface area contributed by atoms with Crippen molar-refractivity contribution in [2.45, 2.75) is 33.4 Å². The van der Waals surface area contributed by atoms with Crippen LogP contribution in [0.1, 0.15) is 23.9 Å². The highest BCUT2D eigenvalue weighted by atomic mass is 16.5. The third-order valence-corrected chi connectivity index (χ3v) is 3.07. The topological polar surface area (TPSA) is 96.7 Å². The number of aryl methyl sites for hydroxylation is 2. The second-order valence-electron chi connectivity index (χ2n) is 5.35. The minimum atomic E-state index is -0.528. The third-order valence-electron chi connectivity index (χ3n) is 3.07. The number of carbonyl (C=O) groups is 2. The Morgan fingerprint density at radius 1 is 1.41 bits per heavy atom. The predicted molar refractivity (Wildman–Crippen MR) is 80.3 cm³/mol. The molecule has 0 aliphatic rings. The van der Waals surface area contributed by atoms with Crippen LogP contribution in [0.4, 0.5) is 4.79 Å². The lowest BCUT2D eigenvalue weighted by atomic mass is 10.2. The molecule has 8 nitrogen and oxygen atoms in total. The molecule has 3 amide bonds. The number of ether oxygens (including phenoxy) is 1. The lowest BCUT2D eigenvalue weighted by Gasteiger charge is -2.17. The summed E-state index contributed by atoms with van der Waals surface area (Å²) in [6, 6.07) is -0.696. The van der Waals surface area contributed by atoms with E-state index in [9.17, 15) is 9.59 Å². The molecule has 0 bridgehead atoms. The highest BCUT2D eigenvalue weighted by molar-refractivity contribution is 5.95. The SMILES string of the molecule is COCC(C)NC(=O)NC(=O)CN(C)Cc1c(C)noc1C. The Kier molecular flexibility index (Phi) is 7.00. The molecule has 0 fully saturated rings. The van der Waals surface area contributed by atoms with E-state index < -0.39 is 6.03 Å². The van der Waals surface area contributed by atoms with Gasteiger partial charge in [-0.15, -0.1) is 0 Å². The molecule has 0 aliphatic carbocycles. The van der Waals surface area contributed by atoms with Crippen LogP contribution in [0, 0.1) is 13.8 Å². The van der Waals surface area contributed by atoms with Gasteiger partial charge in [0.05, 0.1) is 24.9 Å². The van der Waals surface area contributed by atoms with Gasteiger partial charge in [-0.05, 0) is 27.8 Å². The van der Waals surface area contributed by atoms with E-state index in [1.807, 2.05) is 13.8 Å². The number of urea groups is 1. The maximum atomic E-state index is 11.8. The van der Waals surface area contributed by atoms with E-state index in [2.05, 4.69) is 15.8 Å². The fourth-order valence-electron chi connectivity index (χ4n) is 2.02. The molecule has 124 valence electrons. The molecule has 0 spiro atoms. The quantitative estimate of drug-likeness (QED) is 0.764. The summed E-state index contributed by atoms with van der Waals surface area (Å²) in [7, 11) is 3.34. The molecule has 1 aromatic heterocycles. The van der Waals surface area contributed by atoms with Gasteiger partial charge in [0.15, 0.2) is 0 Å². The summed E-state index contributed by atoms with van der Waals surface area (Å²) >= 11 is 0. The Labute approximate surface area is 130 Å². The highest BCUT2D eigenvalue weighted by Gasteiger charge is 2.15. The molecule has 1 heterocycles. The number of methoxy groups -OCH3 is 1. The van der Waals surface area contributed by atoms with Crippen molar-refractivity contribution in [2.75, 3.05) is 27.3 Å². The van der Waals surface area contributed by atoms with Crippen LogP contribution in [0.15, 0.2) is 4.52 Å². The van der Waals surface area contributed by atoms with Crippen LogP contribution in [-0.2, 0) is 16.1 Å². The van der Waals surface area contributed by atoms with Gasteiger partial charge in [-0.1, -0.05) is 5.16 Å². The Morgan fingerprint density at radius 3 is 2.64 bits per heavy atom. The van der Waals surface area contributed by atoms with Gasteiger partial charge in [0.2, 0.25) is 5.91 Å². The van der Waals surface area contributed by atoms with Crippen LogP contribution in [-0.4, -0.2) is 55.3 Å². The lowest BCUT2D eigenvalue weighted by Crippen LogP contribution is -2.47. The maximum absolute atomic E-state index is 11.8. The third kappa shape index (κ3) is 5.82. The van der Waals surface area contributed by atoms with Crippen LogP contribution in [0.5, 0.6) is 0 Å². The van der Waals surface area contributed by atoms with Gasteiger partial charge < -0.3 is 14.6 Å². The van der Waals surface area contributed by atoms with Crippen molar-refractivity contribution in [3.8, 4) is 0 Å². The van der Waals surface area contributed by atoms with E-state index in [0.717, 1.165) is 17.0 Å². The zero-order valence-electron chi connectivity index (χ0n) is 13.7. The fourth-order valence-corrected chi connectivity index (χ4v) is 2.02. The first kappa shape index (κ1) is 18.1. The number of imide groups is 1. The largest absolute Gasteiger partial charge is 0.383 e. The van der Waals surface area contributed by atoms with E-state index in [4.69, 9.17) is 9.26 Å². The first-order valence-corrected chi connectivity index (χ1v) is 7.03. The van der Waals surface area contributed by atoms with Gasteiger partial charge in [0.1, 0.15) is 5.76 Å². The van der Waals surface area contributed by atoms with E-state index in [-0.39, 0.29) is 18.5 Å². The molecule has 0 saturated carbocycles. The number of hydrogen-bond acceptors (Lipinski definition) is 6. The summed E-state index contributed by atoms with van der Waals surface area (Å²) in [6.07, 6.45) is 0. The zero-order chi connectivity index (χ0) is 16.7. The molecule has 1 aromatic rings. The minimum Gasteiger partial charge on any atom is -0.383 e. The summed E-state index contributed by atoms with van der Waals surface area (Å²) in [6.45, 7) is 6.47. The monoisotopic (exact) mass is 312 g/mol.